The second-order valence-electron chi connectivity index (χ2n) is 4.76. The van der Waals surface area contributed by atoms with Crippen molar-refractivity contribution in [1.82, 2.24) is 5.32 Å². The predicted octanol–water partition coefficient (Wildman–Crippen LogP) is 2.72. The van der Waals surface area contributed by atoms with E-state index in [2.05, 4.69) is 5.32 Å². The number of benzene rings is 2. The second kappa shape index (κ2) is 8.07. The molecule has 0 aromatic heterocycles. The molecular formula is C16H13ClN2O5. The first-order chi connectivity index (χ1) is 11.5. The number of rotatable bonds is 6. The van der Waals surface area contributed by atoms with E-state index in [1.165, 1.54) is 12.1 Å². The second-order valence-corrected chi connectivity index (χ2v) is 5.17. The minimum atomic E-state index is -0.904. The molecule has 0 atom stereocenters. The Bertz CT molecular complexity index is 764. The van der Waals surface area contributed by atoms with E-state index in [0.717, 1.165) is 11.6 Å². The molecular weight excluding hydrogens is 336 g/mol. The van der Waals surface area contributed by atoms with E-state index in [0.29, 0.717) is 6.54 Å². The van der Waals surface area contributed by atoms with Crippen LogP contribution >= 0.6 is 11.6 Å². The summed E-state index contributed by atoms with van der Waals surface area (Å²) in [5.41, 5.74) is 0.445. The van der Waals surface area contributed by atoms with E-state index in [1.807, 2.05) is 30.3 Å². The summed E-state index contributed by atoms with van der Waals surface area (Å²) >= 11 is 5.83. The number of hydrogen-bond donors (Lipinski definition) is 1. The Morgan fingerprint density at radius 2 is 1.88 bits per heavy atom. The van der Waals surface area contributed by atoms with Gasteiger partial charge in [0.1, 0.15) is 0 Å². The fourth-order valence-electron chi connectivity index (χ4n) is 1.84. The summed E-state index contributed by atoms with van der Waals surface area (Å²) < 4.78 is 4.84. The van der Waals surface area contributed by atoms with Crippen LogP contribution in [0.3, 0.4) is 0 Å². The maximum atomic E-state index is 11.9. The van der Waals surface area contributed by atoms with E-state index >= 15 is 0 Å². The molecule has 0 aliphatic rings. The monoisotopic (exact) mass is 348 g/mol. The third kappa shape index (κ3) is 4.79. The molecule has 0 bridgehead atoms. The lowest BCUT2D eigenvalue weighted by Gasteiger charge is -2.07. The molecule has 0 fully saturated rings. The number of carbonyl (C=O) groups is 2. The molecule has 0 saturated carbocycles. The largest absolute Gasteiger partial charge is 0.452 e. The zero-order valence-corrected chi connectivity index (χ0v) is 13.2. The van der Waals surface area contributed by atoms with Crippen molar-refractivity contribution in [2.75, 3.05) is 6.61 Å². The van der Waals surface area contributed by atoms with Crippen LogP contribution in [0.4, 0.5) is 5.69 Å². The Labute approximate surface area is 142 Å². The Balaban J connectivity index is 1.89. The minimum absolute atomic E-state index is 0.00953. The molecule has 8 heteroatoms. The Hall–Kier alpha value is -2.93. The molecule has 2 aromatic carbocycles. The number of carbonyl (C=O) groups excluding carboxylic acids is 2. The molecule has 0 aliphatic carbocycles. The van der Waals surface area contributed by atoms with Crippen molar-refractivity contribution in [1.29, 1.82) is 0 Å². The van der Waals surface area contributed by atoms with Crippen LogP contribution in [-0.2, 0) is 16.1 Å². The highest BCUT2D eigenvalue weighted by Crippen LogP contribution is 2.22. The first-order valence-corrected chi connectivity index (χ1v) is 7.27. The van der Waals surface area contributed by atoms with Gasteiger partial charge in [-0.25, -0.2) is 4.79 Å². The van der Waals surface area contributed by atoms with Crippen molar-refractivity contribution < 1.29 is 19.2 Å². The molecule has 0 unspecified atom stereocenters. The number of amides is 1. The van der Waals surface area contributed by atoms with Gasteiger partial charge in [-0.1, -0.05) is 41.9 Å². The predicted molar refractivity (Wildman–Crippen MR) is 86.7 cm³/mol. The van der Waals surface area contributed by atoms with Crippen LogP contribution in [0.25, 0.3) is 0 Å². The van der Waals surface area contributed by atoms with Crippen molar-refractivity contribution in [3.8, 4) is 0 Å². The first kappa shape index (κ1) is 17.4. The SMILES string of the molecule is O=C(COC(=O)c1cc([N+](=O)[O-])ccc1Cl)NCc1ccccc1. The molecule has 0 heterocycles. The van der Waals surface area contributed by atoms with E-state index in [9.17, 15) is 19.7 Å². The zero-order chi connectivity index (χ0) is 17.5. The molecule has 124 valence electrons. The molecule has 2 aromatic rings. The van der Waals surface area contributed by atoms with E-state index in [4.69, 9.17) is 16.3 Å². The van der Waals surface area contributed by atoms with Crippen LogP contribution in [-0.4, -0.2) is 23.4 Å². The maximum Gasteiger partial charge on any atom is 0.340 e. The fraction of sp³-hybridized carbons (Fsp3) is 0.125. The summed E-state index contributed by atoms with van der Waals surface area (Å²) in [6, 6.07) is 12.6. The lowest BCUT2D eigenvalue weighted by atomic mass is 10.2. The lowest BCUT2D eigenvalue weighted by Crippen LogP contribution is -2.28. The molecule has 0 spiro atoms. The van der Waals surface area contributed by atoms with Gasteiger partial charge in [-0.15, -0.1) is 0 Å². The highest BCUT2D eigenvalue weighted by molar-refractivity contribution is 6.33. The number of hydrogen-bond acceptors (Lipinski definition) is 5. The van der Waals surface area contributed by atoms with Crippen molar-refractivity contribution in [2.45, 2.75) is 6.54 Å². The quantitative estimate of drug-likeness (QED) is 0.491. The summed E-state index contributed by atoms with van der Waals surface area (Å²) in [6.07, 6.45) is 0. The van der Waals surface area contributed by atoms with Crippen molar-refractivity contribution in [2.24, 2.45) is 0 Å². The molecule has 0 aliphatic heterocycles. The van der Waals surface area contributed by atoms with Crippen LogP contribution in [0, 0.1) is 10.1 Å². The Kier molecular flexibility index (Phi) is 5.86. The van der Waals surface area contributed by atoms with Crippen LogP contribution in [0.2, 0.25) is 5.02 Å². The van der Waals surface area contributed by atoms with Gasteiger partial charge in [-0.2, -0.15) is 0 Å². The zero-order valence-electron chi connectivity index (χ0n) is 12.4. The summed E-state index contributed by atoms with van der Waals surface area (Å²) in [4.78, 5) is 33.7. The van der Waals surface area contributed by atoms with Gasteiger partial charge < -0.3 is 10.1 Å². The summed E-state index contributed by atoms with van der Waals surface area (Å²) in [5, 5.41) is 13.3. The van der Waals surface area contributed by atoms with E-state index < -0.39 is 23.4 Å². The molecule has 1 N–H and O–H groups in total. The summed E-state index contributed by atoms with van der Waals surface area (Å²) in [7, 11) is 0. The number of nitrogens with one attached hydrogen (secondary N) is 1. The van der Waals surface area contributed by atoms with E-state index in [-0.39, 0.29) is 16.3 Å². The molecule has 7 nitrogen and oxygen atoms in total. The number of esters is 1. The topological polar surface area (TPSA) is 98.5 Å². The van der Waals surface area contributed by atoms with Crippen molar-refractivity contribution in [3.63, 3.8) is 0 Å². The lowest BCUT2D eigenvalue weighted by molar-refractivity contribution is -0.384. The van der Waals surface area contributed by atoms with Gasteiger partial charge in [0.15, 0.2) is 6.61 Å². The van der Waals surface area contributed by atoms with Gasteiger partial charge in [0.25, 0.3) is 11.6 Å². The average Bonchev–Trinajstić information content (AvgIpc) is 2.59. The number of nitro benzene ring substituents is 1. The van der Waals surface area contributed by atoms with Gasteiger partial charge in [0, 0.05) is 18.7 Å². The van der Waals surface area contributed by atoms with Crippen molar-refractivity contribution in [3.05, 3.63) is 74.8 Å². The summed E-state index contributed by atoms with van der Waals surface area (Å²) in [6.45, 7) is -0.209. The highest BCUT2D eigenvalue weighted by atomic mass is 35.5. The smallest absolute Gasteiger partial charge is 0.340 e. The molecule has 1 amide bonds. The Morgan fingerprint density at radius 1 is 1.17 bits per heavy atom. The number of nitrogens with zero attached hydrogens (tertiary/aromatic N) is 1. The van der Waals surface area contributed by atoms with Crippen LogP contribution in [0.1, 0.15) is 15.9 Å². The normalized spacial score (nSPS) is 10.0. The number of non-ortho nitro benzene ring substituents is 1. The van der Waals surface area contributed by atoms with Gasteiger partial charge in [0.05, 0.1) is 15.5 Å². The van der Waals surface area contributed by atoms with Crippen LogP contribution in [0.15, 0.2) is 48.5 Å². The number of nitro groups is 1. The molecule has 2 rings (SSSR count). The highest BCUT2D eigenvalue weighted by Gasteiger charge is 2.18. The van der Waals surface area contributed by atoms with Gasteiger partial charge >= 0.3 is 5.97 Å². The third-order valence-corrected chi connectivity index (χ3v) is 3.38. The van der Waals surface area contributed by atoms with Gasteiger partial charge in [0.2, 0.25) is 0 Å². The van der Waals surface area contributed by atoms with Crippen LogP contribution in [0.5, 0.6) is 0 Å². The average molecular weight is 349 g/mol. The van der Waals surface area contributed by atoms with Crippen LogP contribution < -0.4 is 5.32 Å². The maximum absolute atomic E-state index is 11.9. The molecule has 0 radical (unpaired) electrons. The van der Waals surface area contributed by atoms with E-state index in [1.54, 1.807) is 0 Å². The Morgan fingerprint density at radius 3 is 2.54 bits per heavy atom. The fourth-order valence-corrected chi connectivity index (χ4v) is 2.03. The first-order valence-electron chi connectivity index (χ1n) is 6.89. The van der Waals surface area contributed by atoms with Crippen molar-refractivity contribution >= 4 is 29.2 Å². The molecule has 0 saturated heterocycles. The minimum Gasteiger partial charge on any atom is -0.452 e. The number of halogens is 1. The summed E-state index contributed by atoms with van der Waals surface area (Å²) in [5.74, 6) is -1.40. The number of ether oxygens (including phenoxy) is 1. The third-order valence-electron chi connectivity index (χ3n) is 3.05. The molecule has 24 heavy (non-hydrogen) atoms. The van der Waals surface area contributed by atoms with Gasteiger partial charge in [-0.05, 0) is 11.6 Å². The van der Waals surface area contributed by atoms with Gasteiger partial charge in [-0.3, -0.25) is 14.9 Å². The standard InChI is InChI=1S/C16H13ClN2O5/c17-14-7-6-12(19(22)23)8-13(14)16(21)24-10-15(20)18-9-11-4-2-1-3-5-11/h1-8H,9-10H2,(H,18,20).